The third-order valence-electron chi connectivity index (χ3n) is 3.01. The van der Waals surface area contributed by atoms with Crippen LogP contribution in [0.4, 0.5) is 0 Å². The first-order valence-corrected chi connectivity index (χ1v) is 4.75. The van der Waals surface area contributed by atoms with Gasteiger partial charge in [0.15, 0.2) is 0 Å². The summed E-state index contributed by atoms with van der Waals surface area (Å²) >= 11 is 0. The van der Waals surface area contributed by atoms with Gasteiger partial charge < -0.3 is 5.11 Å². The maximum Gasteiger partial charge on any atom is 0.0723 e. The normalized spacial score (nSPS) is 37.7. The Morgan fingerprint density at radius 2 is 2.09 bits per heavy atom. The summed E-state index contributed by atoms with van der Waals surface area (Å²) in [6, 6.07) is 0. The Morgan fingerprint density at radius 3 is 3.00 bits per heavy atom. The zero-order chi connectivity index (χ0) is 7.68. The van der Waals surface area contributed by atoms with Gasteiger partial charge in [0.1, 0.15) is 0 Å². The van der Waals surface area contributed by atoms with Gasteiger partial charge in [-0.15, -0.1) is 0 Å². The number of fused-ring (bicyclic) bond motifs is 1. The van der Waals surface area contributed by atoms with Crippen molar-refractivity contribution in [2.24, 2.45) is 5.92 Å². The van der Waals surface area contributed by atoms with Crippen molar-refractivity contribution in [1.29, 1.82) is 0 Å². The Morgan fingerprint density at radius 1 is 1.18 bits per heavy atom. The van der Waals surface area contributed by atoms with Crippen LogP contribution in [0.5, 0.6) is 0 Å². The molecule has 0 radical (unpaired) electrons. The molecule has 2 atom stereocenters. The van der Waals surface area contributed by atoms with Crippen molar-refractivity contribution in [1.82, 2.24) is 0 Å². The predicted octanol–water partition coefficient (Wildman–Crippen LogP) is 2.26. The van der Waals surface area contributed by atoms with Gasteiger partial charge in [-0.3, -0.25) is 0 Å². The third kappa shape index (κ3) is 1.48. The van der Waals surface area contributed by atoms with Gasteiger partial charge in [-0.2, -0.15) is 0 Å². The van der Waals surface area contributed by atoms with Gasteiger partial charge in [-0.1, -0.05) is 18.1 Å². The molecule has 2 rings (SSSR count). The predicted molar refractivity (Wildman–Crippen MR) is 45.3 cm³/mol. The van der Waals surface area contributed by atoms with Gasteiger partial charge in [0.2, 0.25) is 0 Å². The van der Waals surface area contributed by atoms with E-state index in [1.54, 1.807) is 5.57 Å². The first-order valence-electron chi connectivity index (χ1n) is 4.75. The SMILES string of the molecule is O[C@H]1C=C2CCCC[C@H]2CC1. The lowest BCUT2D eigenvalue weighted by Gasteiger charge is -2.30. The van der Waals surface area contributed by atoms with Crippen LogP contribution in [0.15, 0.2) is 11.6 Å². The van der Waals surface area contributed by atoms with Crippen LogP contribution in [0.3, 0.4) is 0 Å². The van der Waals surface area contributed by atoms with Gasteiger partial charge in [-0.25, -0.2) is 0 Å². The second-order valence-electron chi connectivity index (χ2n) is 3.83. The second-order valence-corrected chi connectivity index (χ2v) is 3.83. The average Bonchev–Trinajstić information content (AvgIpc) is 2.04. The van der Waals surface area contributed by atoms with E-state index in [2.05, 4.69) is 6.08 Å². The molecule has 0 spiro atoms. The molecule has 0 unspecified atom stereocenters. The first-order chi connectivity index (χ1) is 5.36. The Hall–Kier alpha value is -0.300. The molecular formula is C10H16O. The minimum Gasteiger partial charge on any atom is -0.389 e. The lowest BCUT2D eigenvalue weighted by atomic mass is 9.77. The van der Waals surface area contributed by atoms with Crippen molar-refractivity contribution in [2.45, 2.75) is 44.6 Å². The van der Waals surface area contributed by atoms with Crippen LogP contribution in [-0.4, -0.2) is 11.2 Å². The molecule has 0 heterocycles. The van der Waals surface area contributed by atoms with Crippen molar-refractivity contribution in [3.63, 3.8) is 0 Å². The first kappa shape index (κ1) is 7.35. The van der Waals surface area contributed by atoms with Crippen LogP contribution in [0, 0.1) is 5.92 Å². The van der Waals surface area contributed by atoms with Crippen LogP contribution in [0.25, 0.3) is 0 Å². The number of aliphatic hydroxyl groups excluding tert-OH is 1. The highest BCUT2D eigenvalue weighted by atomic mass is 16.3. The molecule has 2 aliphatic carbocycles. The summed E-state index contributed by atoms with van der Waals surface area (Å²) in [5, 5.41) is 9.37. The molecule has 11 heavy (non-hydrogen) atoms. The Kier molecular flexibility index (Phi) is 1.99. The quantitative estimate of drug-likeness (QED) is 0.528. The number of hydrogen-bond donors (Lipinski definition) is 1. The lowest BCUT2D eigenvalue weighted by Crippen LogP contribution is -2.20. The summed E-state index contributed by atoms with van der Waals surface area (Å²) < 4.78 is 0. The van der Waals surface area contributed by atoms with E-state index < -0.39 is 0 Å². The fourth-order valence-corrected chi connectivity index (χ4v) is 2.36. The monoisotopic (exact) mass is 152 g/mol. The molecule has 0 aromatic carbocycles. The van der Waals surface area contributed by atoms with E-state index in [0.29, 0.717) is 0 Å². The Balaban J connectivity index is 2.10. The van der Waals surface area contributed by atoms with E-state index in [1.165, 1.54) is 32.1 Å². The zero-order valence-electron chi connectivity index (χ0n) is 6.92. The molecule has 2 aliphatic rings. The summed E-state index contributed by atoms with van der Waals surface area (Å²) in [5.41, 5.74) is 1.55. The largest absolute Gasteiger partial charge is 0.389 e. The third-order valence-corrected chi connectivity index (χ3v) is 3.01. The zero-order valence-corrected chi connectivity index (χ0v) is 6.92. The van der Waals surface area contributed by atoms with Crippen molar-refractivity contribution in [2.75, 3.05) is 0 Å². The van der Waals surface area contributed by atoms with Crippen LogP contribution >= 0.6 is 0 Å². The molecule has 1 nitrogen and oxygen atoms in total. The van der Waals surface area contributed by atoms with E-state index in [9.17, 15) is 5.11 Å². The van der Waals surface area contributed by atoms with E-state index in [0.717, 1.165) is 12.3 Å². The van der Waals surface area contributed by atoms with Gasteiger partial charge >= 0.3 is 0 Å². The summed E-state index contributed by atoms with van der Waals surface area (Å²) in [7, 11) is 0. The number of hydrogen-bond acceptors (Lipinski definition) is 1. The average molecular weight is 152 g/mol. The molecule has 0 bridgehead atoms. The van der Waals surface area contributed by atoms with Gasteiger partial charge in [0, 0.05) is 0 Å². The van der Waals surface area contributed by atoms with Gasteiger partial charge in [0.05, 0.1) is 6.10 Å². The highest BCUT2D eigenvalue weighted by molar-refractivity contribution is 5.14. The topological polar surface area (TPSA) is 20.2 Å². The van der Waals surface area contributed by atoms with Crippen molar-refractivity contribution in [3.8, 4) is 0 Å². The molecule has 0 aliphatic heterocycles. The maximum absolute atomic E-state index is 9.37. The number of aliphatic hydroxyl groups is 1. The van der Waals surface area contributed by atoms with E-state index in [-0.39, 0.29) is 6.10 Å². The summed E-state index contributed by atoms with van der Waals surface area (Å²) in [6.45, 7) is 0. The number of rotatable bonds is 0. The minimum atomic E-state index is -0.126. The second kappa shape index (κ2) is 2.98. The van der Waals surface area contributed by atoms with Crippen molar-refractivity contribution >= 4 is 0 Å². The highest BCUT2D eigenvalue weighted by Crippen LogP contribution is 2.36. The summed E-state index contributed by atoms with van der Waals surface area (Å²) in [6.07, 6.45) is 9.57. The fourth-order valence-electron chi connectivity index (χ4n) is 2.36. The molecular weight excluding hydrogens is 136 g/mol. The molecule has 1 fully saturated rings. The van der Waals surface area contributed by atoms with E-state index >= 15 is 0 Å². The number of allylic oxidation sites excluding steroid dienone is 1. The van der Waals surface area contributed by atoms with Crippen LogP contribution < -0.4 is 0 Å². The van der Waals surface area contributed by atoms with Gasteiger partial charge in [0.25, 0.3) is 0 Å². The van der Waals surface area contributed by atoms with Crippen LogP contribution in [0.2, 0.25) is 0 Å². The van der Waals surface area contributed by atoms with E-state index in [1.807, 2.05) is 0 Å². The molecule has 0 aromatic rings. The summed E-state index contributed by atoms with van der Waals surface area (Å²) in [5.74, 6) is 0.840. The maximum atomic E-state index is 9.37. The van der Waals surface area contributed by atoms with Crippen LogP contribution in [-0.2, 0) is 0 Å². The van der Waals surface area contributed by atoms with Gasteiger partial charge in [-0.05, 0) is 38.0 Å². The minimum absolute atomic E-state index is 0.126. The highest BCUT2D eigenvalue weighted by Gasteiger charge is 2.23. The van der Waals surface area contributed by atoms with Crippen LogP contribution in [0.1, 0.15) is 38.5 Å². The Bertz CT molecular complexity index is 172. The molecule has 1 N–H and O–H groups in total. The molecule has 1 saturated carbocycles. The fraction of sp³-hybridized carbons (Fsp3) is 0.800. The molecule has 0 aromatic heterocycles. The summed E-state index contributed by atoms with van der Waals surface area (Å²) in [4.78, 5) is 0. The Labute approximate surface area is 68.1 Å². The van der Waals surface area contributed by atoms with Crippen molar-refractivity contribution < 1.29 is 5.11 Å². The van der Waals surface area contributed by atoms with E-state index in [4.69, 9.17) is 0 Å². The standard InChI is InChI=1S/C10H16O/c11-10-6-5-8-3-1-2-4-9(8)7-10/h7-8,10-11H,1-6H2/t8-,10+/m0/s1. The lowest BCUT2D eigenvalue weighted by molar-refractivity contribution is 0.184. The molecule has 0 amide bonds. The molecule has 1 heteroatoms. The molecule has 62 valence electrons. The smallest absolute Gasteiger partial charge is 0.0723 e. The van der Waals surface area contributed by atoms with Crippen molar-refractivity contribution in [3.05, 3.63) is 11.6 Å². The molecule has 0 saturated heterocycles.